The van der Waals surface area contributed by atoms with E-state index in [1.165, 1.54) is 5.19 Å². The minimum atomic E-state index is -2.12. The Bertz CT molecular complexity index is 731. The van der Waals surface area contributed by atoms with E-state index in [9.17, 15) is 5.11 Å². The van der Waals surface area contributed by atoms with Crippen LogP contribution in [-0.4, -0.2) is 41.6 Å². The van der Waals surface area contributed by atoms with Crippen molar-refractivity contribution >= 4 is 18.4 Å². The van der Waals surface area contributed by atoms with E-state index in [2.05, 4.69) is 19.9 Å². The van der Waals surface area contributed by atoms with E-state index in [0.717, 1.165) is 17.3 Å². The molecule has 0 radical (unpaired) electrons. The van der Waals surface area contributed by atoms with Gasteiger partial charge in [0.1, 0.15) is 8.07 Å². The highest BCUT2D eigenvalue weighted by atomic mass is 28.3. The van der Waals surface area contributed by atoms with E-state index in [-0.39, 0.29) is 5.75 Å². The Morgan fingerprint density at radius 3 is 1.65 bits per heavy atom. The molecule has 0 saturated carbocycles. The summed E-state index contributed by atoms with van der Waals surface area (Å²) in [6.45, 7) is 4.39. The number of hydrogen-bond donors (Lipinski definition) is 1. The van der Waals surface area contributed by atoms with Crippen molar-refractivity contribution in [2.75, 3.05) is 28.4 Å². The quantitative estimate of drug-likeness (QED) is 0.718. The van der Waals surface area contributed by atoms with Gasteiger partial charge in [-0.15, -0.1) is 0 Å². The molecule has 0 saturated heterocycles. The van der Waals surface area contributed by atoms with Gasteiger partial charge in [-0.3, -0.25) is 0 Å². The predicted octanol–water partition coefficient (Wildman–Crippen LogP) is 3.03. The highest BCUT2D eigenvalue weighted by Gasteiger charge is 2.36. The van der Waals surface area contributed by atoms with E-state index in [4.69, 9.17) is 18.9 Å². The largest absolute Gasteiger partial charge is 0.504 e. The van der Waals surface area contributed by atoms with Crippen LogP contribution in [0.5, 0.6) is 28.7 Å². The number of methoxy groups -OCH3 is 4. The molecule has 0 spiro atoms. The molecular formula is C20H28O5Si. The number of phenolic OH excluding ortho intramolecular Hbond substituents is 1. The van der Waals surface area contributed by atoms with Crippen LogP contribution < -0.4 is 29.3 Å². The minimum Gasteiger partial charge on any atom is -0.504 e. The second kappa shape index (κ2) is 8.36. The molecule has 0 aliphatic rings. The SMILES string of the molecule is CC[Si](CC)(c1ccc(OC)c(O)c1)c1cc(OC)c(OC)c(OC)c1. The van der Waals surface area contributed by atoms with Gasteiger partial charge < -0.3 is 24.1 Å². The van der Waals surface area contributed by atoms with Gasteiger partial charge in [-0.2, -0.15) is 0 Å². The normalized spacial score (nSPS) is 11.2. The summed E-state index contributed by atoms with van der Waals surface area (Å²) >= 11 is 0. The summed E-state index contributed by atoms with van der Waals surface area (Å²) in [4.78, 5) is 0. The van der Waals surface area contributed by atoms with E-state index in [0.29, 0.717) is 23.0 Å². The molecule has 0 heterocycles. The fraction of sp³-hybridized carbons (Fsp3) is 0.400. The van der Waals surface area contributed by atoms with Crippen LogP contribution in [0.4, 0.5) is 0 Å². The highest BCUT2D eigenvalue weighted by Crippen LogP contribution is 2.37. The molecule has 2 aromatic carbocycles. The number of aromatic hydroxyl groups is 1. The van der Waals surface area contributed by atoms with Crippen LogP contribution in [0, 0.1) is 0 Å². The first-order valence-electron chi connectivity index (χ1n) is 8.69. The lowest BCUT2D eigenvalue weighted by Gasteiger charge is -2.32. The minimum absolute atomic E-state index is 0.163. The Morgan fingerprint density at radius 1 is 0.731 bits per heavy atom. The van der Waals surface area contributed by atoms with E-state index >= 15 is 0 Å². The summed E-state index contributed by atoms with van der Waals surface area (Å²) in [6, 6.07) is 11.8. The van der Waals surface area contributed by atoms with Crippen LogP contribution in [-0.2, 0) is 0 Å². The molecule has 2 aromatic rings. The average molecular weight is 377 g/mol. The van der Waals surface area contributed by atoms with Gasteiger partial charge in [0.2, 0.25) is 5.75 Å². The van der Waals surface area contributed by atoms with Crippen molar-refractivity contribution < 1.29 is 24.1 Å². The predicted molar refractivity (Wildman–Crippen MR) is 107 cm³/mol. The monoisotopic (exact) mass is 376 g/mol. The molecule has 0 aliphatic carbocycles. The third-order valence-corrected chi connectivity index (χ3v) is 10.4. The van der Waals surface area contributed by atoms with Crippen molar-refractivity contribution in [3.05, 3.63) is 30.3 Å². The third-order valence-electron chi connectivity index (χ3n) is 5.16. The molecule has 6 heteroatoms. The summed E-state index contributed by atoms with van der Waals surface area (Å²) in [5.74, 6) is 2.54. The fourth-order valence-electron chi connectivity index (χ4n) is 3.58. The zero-order valence-electron chi connectivity index (χ0n) is 16.4. The number of rotatable bonds is 8. The summed E-state index contributed by atoms with van der Waals surface area (Å²) in [7, 11) is 4.28. The van der Waals surface area contributed by atoms with Crippen molar-refractivity contribution in [3.8, 4) is 28.7 Å². The van der Waals surface area contributed by atoms with Crippen LogP contribution in [0.25, 0.3) is 0 Å². The van der Waals surface area contributed by atoms with E-state index in [1.54, 1.807) is 28.4 Å². The molecule has 142 valence electrons. The molecule has 5 nitrogen and oxygen atoms in total. The van der Waals surface area contributed by atoms with Gasteiger partial charge in [-0.05, 0) is 29.5 Å². The lowest BCUT2D eigenvalue weighted by Crippen LogP contribution is -2.57. The van der Waals surface area contributed by atoms with E-state index in [1.807, 2.05) is 24.3 Å². The van der Waals surface area contributed by atoms with Gasteiger partial charge in [-0.25, -0.2) is 0 Å². The van der Waals surface area contributed by atoms with Gasteiger partial charge in [0.15, 0.2) is 23.0 Å². The van der Waals surface area contributed by atoms with E-state index < -0.39 is 8.07 Å². The fourth-order valence-corrected chi connectivity index (χ4v) is 7.67. The molecule has 2 rings (SSSR count). The van der Waals surface area contributed by atoms with Crippen LogP contribution >= 0.6 is 0 Å². The Balaban J connectivity index is 2.71. The molecule has 0 atom stereocenters. The summed E-state index contributed by atoms with van der Waals surface area (Å²) in [5.41, 5.74) is 0. The molecule has 0 aliphatic heterocycles. The lowest BCUT2D eigenvalue weighted by atomic mass is 10.3. The Hall–Kier alpha value is -2.34. The number of hydrogen-bond acceptors (Lipinski definition) is 5. The van der Waals surface area contributed by atoms with Crippen molar-refractivity contribution in [1.82, 2.24) is 0 Å². The topological polar surface area (TPSA) is 57.2 Å². The first-order chi connectivity index (χ1) is 12.5. The van der Waals surface area contributed by atoms with Gasteiger partial charge in [0, 0.05) is 0 Å². The first-order valence-corrected chi connectivity index (χ1v) is 11.1. The van der Waals surface area contributed by atoms with Crippen molar-refractivity contribution in [2.24, 2.45) is 0 Å². The second-order valence-electron chi connectivity index (χ2n) is 6.09. The maximum Gasteiger partial charge on any atom is 0.203 e. The highest BCUT2D eigenvalue weighted by molar-refractivity contribution is 7.02. The summed E-state index contributed by atoms with van der Waals surface area (Å²) in [5, 5.41) is 12.6. The van der Waals surface area contributed by atoms with Crippen molar-refractivity contribution in [3.63, 3.8) is 0 Å². The summed E-state index contributed by atoms with van der Waals surface area (Å²) in [6.07, 6.45) is 0. The van der Waals surface area contributed by atoms with Gasteiger partial charge in [-0.1, -0.05) is 37.2 Å². The Morgan fingerprint density at radius 2 is 1.27 bits per heavy atom. The second-order valence-corrected chi connectivity index (χ2v) is 10.8. The molecule has 0 fully saturated rings. The molecule has 0 unspecified atom stereocenters. The average Bonchev–Trinajstić information content (AvgIpc) is 2.68. The van der Waals surface area contributed by atoms with Gasteiger partial charge >= 0.3 is 0 Å². The maximum atomic E-state index is 10.3. The molecule has 26 heavy (non-hydrogen) atoms. The van der Waals surface area contributed by atoms with Crippen LogP contribution in [0.1, 0.15) is 13.8 Å². The standard InChI is InChI=1S/C20H28O5Si/c1-7-26(8-2,14-9-10-17(22-3)16(21)11-14)15-12-18(23-4)20(25-6)19(13-15)24-5/h9-13,21H,7-8H2,1-6H3. The lowest BCUT2D eigenvalue weighted by molar-refractivity contribution is 0.325. The Labute approximate surface area is 156 Å². The maximum absolute atomic E-state index is 10.3. The van der Waals surface area contributed by atoms with Gasteiger partial charge in [0.05, 0.1) is 28.4 Å². The third kappa shape index (κ3) is 3.33. The zero-order chi connectivity index (χ0) is 19.3. The summed E-state index contributed by atoms with van der Waals surface area (Å²) < 4.78 is 21.8. The molecule has 0 aromatic heterocycles. The smallest absolute Gasteiger partial charge is 0.203 e. The first kappa shape index (κ1) is 20.0. The van der Waals surface area contributed by atoms with Crippen LogP contribution in [0.3, 0.4) is 0 Å². The number of phenols is 1. The van der Waals surface area contributed by atoms with Crippen molar-refractivity contribution in [2.45, 2.75) is 25.9 Å². The zero-order valence-corrected chi connectivity index (χ0v) is 17.4. The van der Waals surface area contributed by atoms with Gasteiger partial charge in [0.25, 0.3) is 0 Å². The molecule has 0 bridgehead atoms. The number of ether oxygens (including phenoxy) is 4. The number of benzene rings is 2. The molecule has 1 N–H and O–H groups in total. The molecular weight excluding hydrogens is 348 g/mol. The van der Waals surface area contributed by atoms with Crippen LogP contribution in [0.15, 0.2) is 30.3 Å². The Kier molecular flexibility index (Phi) is 6.42. The van der Waals surface area contributed by atoms with Crippen molar-refractivity contribution in [1.29, 1.82) is 0 Å². The van der Waals surface area contributed by atoms with Crippen LogP contribution in [0.2, 0.25) is 12.1 Å². The molecule has 0 amide bonds.